The molecule has 2 aromatic rings. The lowest BCUT2D eigenvalue weighted by Crippen LogP contribution is -2.49. The molecule has 10 heteroatoms. The van der Waals surface area contributed by atoms with Gasteiger partial charge in [-0.3, -0.25) is 14.6 Å². The van der Waals surface area contributed by atoms with Crippen molar-refractivity contribution < 1.29 is 31.5 Å². The predicted octanol–water partition coefficient (Wildman–Crippen LogP) is 4.56. The summed E-state index contributed by atoms with van der Waals surface area (Å²) in [5.74, 6) is -3.67. The fourth-order valence-electron chi connectivity index (χ4n) is 4.95. The van der Waals surface area contributed by atoms with Gasteiger partial charge >= 0.3 is 6.18 Å². The van der Waals surface area contributed by atoms with Crippen LogP contribution in [0.1, 0.15) is 58.8 Å². The van der Waals surface area contributed by atoms with Crippen molar-refractivity contribution in [2.24, 2.45) is 11.8 Å². The Hall–Kier alpha value is -3.04. The van der Waals surface area contributed by atoms with Gasteiger partial charge in [-0.2, -0.15) is 13.2 Å². The van der Waals surface area contributed by atoms with Gasteiger partial charge in [0.15, 0.2) is 0 Å². The molecule has 2 heterocycles. The summed E-state index contributed by atoms with van der Waals surface area (Å²) in [4.78, 5) is 32.0. The van der Waals surface area contributed by atoms with E-state index in [-0.39, 0.29) is 35.4 Å². The number of halogens is 5. The average Bonchev–Trinajstić information content (AvgIpc) is 3.70. The number of hydrogen-bond acceptors (Lipinski definition) is 3. The summed E-state index contributed by atoms with van der Waals surface area (Å²) in [7, 11) is 0. The summed E-state index contributed by atoms with van der Waals surface area (Å²) in [6.07, 6.45) is 0.512. The highest BCUT2D eigenvalue weighted by atomic mass is 19.4. The van der Waals surface area contributed by atoms with Gasteiger partial charge in [-0.25, -0.2) is 8.78 Å². The predicted molar refractivity (Wildman–Crippen MR) is 110 cm³/mol. The molecule has 1 aromatic heterocycles. The molecule has 2 saturated carbocycles. The van der Waals surface area contributed by atoms with Crippen LogP contribution in [0.15, 0.2) is 30.6 Å². The van der Waals surface area contributed by atoms with Gasteiger partial charge in [0.05, 0.1) is 17.2 Å². The van der Waals surface area contributed by atoms with E-state index in [2.05, 4.69) is 10.3 Å². The van der Waals surface area contributed by atoms with Crippen LogP contribution in [0.5, 0.6) is 0 Å². The molecule has 5 rings (SSSR count). The van der Waals surface area contributed by atoms with Crippen molar-refractivity contribution in [2.45, 2.75) is 56.9 Å². The SMILES string of the molecule is Cc1cncc(C(=O)N2[C@@H](C(=O)NC(c3cc(F)c(C(F)(F)F)cc3F)C3CC3)C[C@H]3C[C@H]32)c1. The largest absolute Gasteiger partial charge is 0.419 e. The molecule has 5 nitrogen and oxygen atoms in total. The van der Waals surface area contributed by atoms with E-state index in [9.17, 15) is 31.5 Å². The lowest BCUT2D eigenvalue weighted by atomic mass is 9.98. The summed E-state index contributed by atoms with van der Waals surface area (Å²) in [6.45, 7) is 1.80. The van der Waals surface area contributed by atoms with Gasteiger partial charge in [-0.1, -0.05) is 0 Å². The van der Waals surface area contributed by atoms with Crippen LogP contribution in [-0.4, -0.2) is 33.8 Å². The number of aromatic nitrogens is 1. The summed E-state index contributed by atoms with van der Waals surface area (Å²) in [6, 6.07) is 0.516. The van der Waals surface area contributed by atoms with Gasteiger partial charge in [-0.15, -0.1) is 0 Å². The number of alkyl halides is 3. The molecule has 34 heavy (non-hydrogen) atoms. The lowest BCUT2D eigenvalue weighted by molar-refractivity contribution is -0.140. The Morgan fingerprint density at radius 3 is 2.47 bits per heavy atom. The van der Waals surface area contributed by atoms with E-state index in [1.165, 1.54) is 11.1 Å². The number of carbonyl (C=O) groups excluding carboxylic acids is 2. The number of carbonyl (C=O) groups is 2. The van der Waals surface area contributed by atoms with Crippen molar-refractivity contribution in [3.05, 3.63) is 64.5 Å². The first-order chi connectivity index (χ1) is 16.0. The molecule has 0 bridgehead atoms. The van der Waals surface area contributed by atoms with Crippen molar-refractivity contribution in [3.8, 4) is 0 Å². The molecule has 1 aromatic carbocycles. The first kappa shape index (κ1) is 22.7. The van der Waals surface area contributed by atoms with E-state index in [0.29, 0.717) is 30.9 Å². The van der Waals surface area contributed by atoms with Gasteiger partial charge in [0, 0.05) is 24.0 Å². The van der Waals surface area contributed by atoms with Crippen molar-refractivity contribution in [1.82, 2.24) is 15.2 Å². The summed E-state index contributed by atoms with van der Waals surface area (Å²) < 4.78 is 67.7. The zero-order valence-electron chi connectivity index (χ0n) is 18.2. The van der Waals surface area contributed by atoms with Gasteiger partial charge < -0.3 is 10.2 Å². The highest BCUT2D eigenvalue weighted by Gasteiger charge is 2.56. The molecular formula is C24H22F5N3O2. The smallest absolute Gasteiger partial charge is 0.347 e. The summed E-state index contributed by atoms with van der Waals surface area (Å²) in [5, 5.41) is 2.72. The molecule has 2 aliphatic carbocycles. The van der Waals surface area contributed by atoms with E-state index in [0.717, 1.165) is 12.0 Å². The molecule has 1 unspecified atom stereocenters. The van der Waals surface area contributed by atoms with E-state index in [1.54, 1.807) is 19.2 Å². The Labute approximate surface area is 192 Å². The number of benzene rings is 1. The van der Waals surface area contributed by atoms with Crippen LogP contribution in [0.2, 0.25) is 0 Å². The highest BCUT2D eigenvalue weighted by molar-refractivity contribution is 5.98. The number of nitrogens with zero attached hydrogens (tertiary/aromatic N) is 2. The fraction of sp³-hybridized carbons (Fsp3) is 0.458. The van der Waals surface area contributed by atoms with E-state index in [1.807, 2.05) is 0 Å². The minimum Gasteiger partial charge on any atom is -0.347 e. The van der Waals surface area contributed by atoms with E-state index in [4.69, 9.17) is 0 Å². The second-order valence-corrected chi connectivity index (χ2v) is 9.45. The van der Waals surface area contributed by atoms with Crippen LogP contribution in [-0.2, 0) is 11.0 Å². The van der Waals surface area contributed by atoms with Crippen molar-refractivity contribution in [2.75, 3.05) is 0 Å². The molecule has 0 spiro atoms. The number of likely N-dealkylation sites (tertiary alicyclic amines) is 1. The molecule has 1 N–H and O–H groups in total. The standard InChI is InChI=1S/C24H22F5N3O2/c1-11-4-14(10-30-9-11)23(34)32-19-5-13(19)6-20(32)22(33)31-21(12-2-3-12)15-7-18(26)16(8-17(15)25)24(27,28)29/h4,7-10,12-13,19-21H,2-3,5-6H2,1H3,(H,31,33)/t13-,19-,20-,21?/m1/s1. The minimum atomic E-state index is -5.03. The molecule has 3 aliphatic rings. The number of nitrogens with one attached hydrogen (secondary N) is 1. The maximum Gasteiger partial charge on any atom is 0.419 e. The summed E-state index contributed by atoms with van der Waals surface area (Å²) in [5.41, 5.74) is -0.841. The third kappa shape index (κ3) is 4.14. The maximum atomic E-state index is 14.7. The second-order valence-electron chi connectivity index (χ2n) is 9.45. The zero-order valence-corrected chi connectivity index (χ0v) is 18.2. The normalized spacial score (nSPS) is 24.5. The number of fused-ring (bicyclic) bond motifs is 1. The van der Waals surface area contributed by atoms with Crippen LogP contribution in [0.25, 0.3) is 0 Å². The Kier molecular flexibility index (Phi) is 5.37. The number of rotatable bonds is 5. The van der Waals surface area contributed by atoms with E-state index < -0.39 is 41.4 Å². The monoisotopic (exact) mass is 479 g/mol. The molecule has 0 radical (unpaired) electrons. The van der Waals surface area contributed by atoms with Gasteiger partial charge in [0.2, 0.25) is 5.91 Å². The van der Waals surface area contributed by atoms with Crippen LogP contribution in [0.4, 0.5) is 22.0 Å². The first-order valence-electron chi connectivity index (χ1n) is 11.2. The Bertz CT molecular complexity index is 1160. The maximum absolute atomic E-state index is 14.7. The molecule has 1 aliphatic heterocycles. The first-order valence-corrected chi connectivity index (χ1v) is 11.2. The molecule has 2 amide bonds. The van der Waals surface area contributed by atoms with Gasteiger partial charge in [0.25, 0.3) is 5.91 Å². The fourth-order valence-corrected chi connectivity index (χ4v) is 4.95. The van der Waals surface area contributed by atoms with Crippen molar-refractivity contribution in [1.29, 1.82) is 0 Å². The Morgan fingerprint density at radius 2 is 1.82 bits per heavy atom. The molecule has 1 saturated heterocycles. The highest BCUT2D eigenvalue weighted by Crippen LogP contribution is 2.49. The van der Waals surface area contributed by atoms with Gasteiger partial charge in [-0.05, 0) is 68.2 Å². The second kappa shape index (κ2) is 8.02. The van der Waals surface area contributed by atoms with Crippen molar-refractivity contribution in [3.63, 3.8) is 0 Å². The van der Waals surface area contributed by atoms with Gasteiger partial charge in [0.1, 0.15) is 17.7 Å². The lowest BCUT2D eigenvalue weighted by Gasteiger charge is -2.29. The number of amides is 2. The molecular weight excluding hydrogens is 457 g/mol. The number of hydrogen-bond donors (Lipinski definition) is 1. The Morgan fingerprint density at radius 1 is 1.09 bits per heavy atom. The van der Waals surface area contributed by atoms with Crippen LogP contribution < -0.4 is 5.32 Å². The number of aryl methyl sites for hydroxylation is 1. The van der Waals surface area contributed by atoms with Crippen LogP contribution in [0, 0.1) is 30.4 Å². The minimum absolute atomic E-state index is 0.0663. The molecule has 3 fully saturated rings. The number of piperidine rings is 1. The van der Waals surface area contributed by atoms with E-state index >= 15 is 0 Å². The average molecular weight is 479 g/mol. The van der Waals surface area contributed by atoms with Crippen LogP contribution in [0.3, 0.4) is 0 Å². The topological polar surface area (TPSA) is 62.3 Å². The molecule has 180 valence electrons. The summed E-state index contributed by atoms with van der Waals surface area (Å²) >= 11 is 0. The number of pyridine rings is 1. The van der Waals surface area contributed by atoms with Crippen LogP contribution >= 0.6 is 0 Å². The zero-order chi connectivity index (χ0) is 24.4. The third-order valence-electron chi connectivity index (χ3n) is 6.88. The third-order valence-corrected chi connectivity index (χ3v) is 6.88. The molecule has 4 atom stereocenters. The Balaban J connectivity index is 1.39. The quantitative estimate of drug-likeness (QED) is 0.640. The van der Waals surface area contributed by atoms with Crippen molar-refractivity contribution >= 4 is 11.8 Å².